The quantitative estimate of drug-likeness (QED) is 0.778. The number of aliphatic hydroxyl groups excluding tert-OH is 1. The van der Waals surface area contributed by atoms with Crippen LogP contribution in [0.3, 0.4) is 0 Å². The molecule has 1 heterocycles. The van der Waals surface area contributed by atoms with Gasteiger partial charge in [-0.25, -0.2) is 4.98 Å². The molecule has 141 valence electrons. The monoisotopic (exact) mass is 371 g/mol. The Hall–Kier alpha value is -1.43. The third-order valence-corrected chi connectivity index (χ3v) is 6.08. The Balaban J connectivity index is 2.13. The SMILES string of the molecule is C[Si](C)OC(c1cncn1C1c2ccccc2C(O)C1(C)C)C(C)(C)C. The number of rotatable bonds is 4. The predicted molar refractivity (Wildman–Crippen MR) is 106 cm³/mol. The second-order valence-electron chi connectivity index (χ2n) is 9.25. The second-order valence-corrected chi connectivity index (χ2v) is 11.3. The Labute approximate surface area is 159 Å². The topological polar surface area (TPSA) is 47.3 Å². The van der Waals surface area contributed by atoms with Crippen LogP contribution < -0.4 is 0 Å². The van der Waals surface area contributed by atoms with Gasteiger partial charge < -0.3 is 14.1 Å². The van der Waals surface area contributed by atoms with Crippen LogP contribution in [0.2, 0.25) is 13.1 Å². The summed E-state index contributed by atoms with van der Waals surface area (Å²) in [6, 6.07) is 8.25. The van der Waals surface area contributed by atoms with Crippen LogP contribution in [0.25, 0.3) is 0 Å². The molecule has 1 aromatic carbocycles. The highest BCUT2D eigenvalue weighted by atomic mass is 28.3. The van der Waals surface area contributed by atoms with Gasteiger partial charge in [0.05, 0.1) is 36.5 Å². The van der Waals surface area contributed by atoms with Gasteiger partial charge in [-0.2, -0.15) is 0 Å². The molecule has 1 radical (unpaired) electrons. The smallest absolute Gasteiger partial charge is 0.205 e. The van der Waals surface area contributed by atoms with Crippen molar-refractivity contribution >= 4 is 9.04 Å². The van der Waals surface area contributed by atoms with Crippen molar-refractivity contribution in [2.24, 2.45) is 10.8 Å². The number of imidazole rings is 1. The zero-order chi connectivity index (χ0) is 19.3. The lowest BCUT2D eigenvalue weighted by Gasteiger charge is -2.37. The molecule has 26 heavy (non-hydrogen) atoms. The summed E-state index contributed by atoms with van der Waals surface area (Å²) in [6.07, 6.45) is 3.31. The van der Waals surface area contributed by atoms with Gasteiger partial charge in [0.2, 0.25) is 9.04 Å². The molecule has 0 spiro atoms. The van der Waals surface area contributed by atoms with Crippen LogP contribution >= 0.6 is 0 Å². The van der Waals surface area contributed by atoms with Crippen LogP contribution in [-0.4, -0.2) is 23.7 Å². The molecule has 3 atom stereocenters. The minimum Gasteiger partial charge on any atom is -0.408 e. The number of nitrogens with zero attached hydrogens (tertiary/aromatic N) is 2. The molecule has 0 fully saturated rings. The van der Waals surface area contributed by atoms with Crippen LogP contribution in [0.4, 0.5) is 0 Å². The predicted octanol–water partition coefficient (Wildman–Crippen LogP) is 4.90. The number of fused-ring (bicyclic) bond motifs is 1. The van der Waals surface area contributed by atoms with Crippen LogP contribution in [-0.2, 0) is 4.43 Å². The fourth-order valence-electron chi connectivity index (χ4n) is 4.12. The zero-order valence-corrected chi connectivity index (χ0v) is 17.9. The van der Waals surface area contributed by atoms with Gasteiger partial charge in [0.1, 0.15) is 0 Å². The van der Waals surface area contributed by atoms with E-state index in [4.69, 9.17) is 4.43 Å². The number of hydrogen-bond donors (Lipinski definition) is 1. The van der Waals surface area contributed by atoms with Gasteiger partial charge in [-0.15, -0.1) is 0 Å². The maximum absolute atomic E-state index is 11.0. The normalized spacial score (nSPS) is 23.3. The summed E-state index contributed by atoms with van der Waals surface area (Å²) in [5.41, 5.74) is 2.92. The number of aromatic nitrogens is 2. The van der Waals surface area contributed by atoms with E-state index < -0.39 is 15.1 Å². The summed E-state index contributed by atoms with van der Waals surface area (Å²) >= 11 is 0. The molecule has 3 unspecified atom stereocenters. The molecule has 0 bridgehead atoms. The highest BCUT2D eigenvalue weighted by Crippen LogP contribution is 2.55. The first kappa shape index (κ1) is 19.3. The lowest BCUT2D eigenvalue weighted by molar-refractivity contribution is 0.0346. The third-order valence-electron chi connectivity index (χ3n) is 5.38. The molecule has 0 amide bonds. The Morgan fingerprint density at radius 1 is 1.19 bits per heavy atom. The average molecular weight is 372 g/mol. The van der Waals surface area contributed by atoms with Crippen molar-refractivity contribution in [3.05, 3.63) is 53.6 Å². The molecule has 1 aliphatic rings. The summed E-state index contributed by atoms with van der Waals surface area (Å²) in [4.78, 5) is 4.48. The molecule has 1 aromatic heterocycles. The first-order chi connectivity index (χ1) is 12.0. The molecule has 0 saturated heterocycles. The first-order valence-corrected chi connectivity index (χ1v) is 11.7. The van der Waals surface area contributed by atoms with Gasteiger partial charge >= 0.3 is 0 Å². The molecule has 0 aliphatic heterocycles. The van der Waals surface area contributed by atoms with E-state index >= 15 is 0 Å². The minimum absolute atomic E-state index is 0.0315. The fourth-order valence-corrected chi connectivity index (χ4v) is 5.06. The number of aliphatic hydroxyl groups is 1. The van der Waals surface area contributed by atoms with Gasteiger partial charge in [-0.1, -0.05) is 58.9 Å². The Morgan fingerprint density at radius 2 is 1.81 bits per heavy atom. The Morgan fingerprint density at radius 3 is 2.38 bits per heavy atom. The minimum atomic E-state index is -0.870. The summed E-state index contributed by atoms with van der Waals surface area (Å²) in [5, 5.41) is 11.0. The summed E-state index contributed by atoms with van der Waals surface area (Å²) in [6.45, 7) is 15.2. The molecule has 1 N–H and O–H groups in total. The zero-order valence-electron chi connectivity index (χ0n) is 16.9. The number of hydrogen-bond acceptors (Lipinski definition) is 3. The van der Waals surface area contributed by atoms with Crippen molar-refractivity contribution < 1.29 is 9.53 Å². The van der Waals surface area contributed by atoms with E-state index in [9.17, 15) is 5.11 Å². The molecule has 0 saturated carbocycles. The van der Waals surface area contributed by atoms with E-state index in [1.807, 2.05) is 30.7 Å². The van der Waals surface area contributed by atoms with E-state index in [0.717, 1.165) is 11.3 Å². The van der Waals surface area contributed by atoms with Crippen molar-refractivity contribution in [1.82, 2.24) is 9.55 Å². The summed E-state index contributed by atoms with van der Waals surface area (Å²) in [5.74, 6) is 0. The standard InChI is InChI=1S/C21H31N2O2Si/c1-20(2,3)19(25-26(6)7)16-12-22-13-23(16)17-14-10-8-9-11-15(14)18(24)21(17,4)5/h8-13,17-19,24H,1-7H3. The molecule has 3 rings (SSSR count). The molecule has 4 nitrogen and oxygen atoms in total. The van der Waals surface area contributed by atoms with E-state index in [0.29, 0.717) is 0 Å². The van der Waals surface area contributed by atoms with Gasteiger partial charge in [0.25, 0.3) is 0 Å². The van der Waals surface area contributed by atoms with Crippen molar-refractivity contribution in [2.45, 2.75) is 66.0 Å². The Kier molecular flexibility index (Phi) is 4.92. The van der Waals surface area contributed by atoms with Gasteiger partial charge in [-0.05, 0) is 29.6 Å². The maximum atomic E-state index is 11.0. The van der Waals surface area contributed by atoms with E-state index in [1.165, 1.54) is 5.56 Å². The first-order valence-electron chi connectivity index (χ1n) is 9.30. The van der Waals surface area contributed by atoms with Crippen molar-refractivity contribution in [3.63, 3.8) is 0 Å². The van der Waals surface area contributed by atoms with Crippen LogP contribution in [0, 0.1) is 10.8 Å². The van der Waals surface area contributed by atoms with Gasteiger partial charge in [0.15, 0.2) is 0 Å². The second kappa shape index (κ2) is 6.62. The highest BCUT2D eigenvalue weighted by Gasteiger charge is 2.48. The largest absolute Gasteiger partial charge is 0.408 e. The average Bonchev–Trinajstić information content (AvgIpc) is 3.06. The lowest BCUT2D eigenvalue weighted by Crippen LogP contribution is -2.32. The van der Waals surface area contributed by atoms with E-state index in [2.05, 4.69) is 63.3 Å². The maximum Gasteiger partial charge on any atom is 0.205 e. The summed E-state index contributed by atoms with van der Waals surface area (Å²) < 4.78 is 8.65. The third kappa shape index (κ3) is 3.17. The van der Waals surface area contributed by atoms with E-state index in [-0.39, 0.29) is 23.0 Å². The van der Waals surface area contributed by atoms with Crippen LogP contribution in [0.1, 0.15) is 69.7 Å². The molecule has 1 aliphatic carbocycles. The fraction of sp³-hybridized carbons (Fsp3) is 0.571. The van der Waals surface area contributed by atoms with Crippen molar-refractivity contribution in [3.8, 4) is 0 Å². The molecule has 5 heteroatoms. The van der Waals surface area contributed by atoms with Gasteiger partial charge in [0, 0.05) is 5.41 Å². The van der Waals surface area contributed by atoms with E-state index in [1.54, 1.807) is 0 Å². The number of benzene rings is 1. The Bertz CT molecular complexity index is 776. The molecular formula is C21H31N2O2Si. The van der Waals surface area contributed by atoms with Crippen LogP contribution in [0.5, 0.6) is 0 Å². The summed E-state index contributed by atoms with van der Waals surface area (Å²) in [7, 11) is -0.870. The lowest BCUT2D eigenvalue weighted by atomic mass is 9.82. The molecular weight excluding hydrogens is 340 g/mol. The van der Waals surface area contributed by atoms with Gasteiger partial charge in [-0.3, -0.25) is 0 Å². The molecule has 2 aromatic rings. The highest BCUT2D eigenvalue weighted by molar-refractivity contribution is 6.48. The van der Waals surface area contributed by atoms with Crippen LogP contribution in [0.15, 0.2) is 36.8 Å². The van der Waals surface area contributed by atoms with Crippen molar-refractivity contribution in [1.29, 1.82) is 0 Å². The van der Waals surface area contributed by atoms with Crippen molar-refractivity contribution in [2.75, 3.05) is 0 Å².